The molecule has 14 rings (SSSR count). The normalized spacial score (nSPS) is 12.8. The number of anilines is 5. The summed E-state index contributed by atoms with van der Waals surface area (Å²) in [5, 5.41) is 4.98. The SMILES string of the molecule is CC(C)(C)c1ccc(N2B3c4c(cc(N(c5ccccc5)c5ccccc5)cc4-n4c5ccccc5c5cccc3c54)-c3c2ccc2c4ccccc4n(-c4ccccc4)c32)c(-c2ccccc2)c1. The molecule has 0 atom stereocenters. The molecule has 4 nitrogen and oxygen atoms in total. The molecule has 5 heteroatoms. The van der Waals surface area contributed by atoms with Crippen LogP contribution in [0.3, 0.4) is 0 Å². The Kier molecular flexibility index (Phi) is 8.60. The number of hydrogen-bond donors (Lipinski definition) is 0. The van der Waals surface area contributed by atoms with Gasteiger partial charge in [-0.3, -0.25) is 0 Å². The highest BCUT2D eigenvalue weighted by atomic mass is 15.2. The number of nitrogens with zero attached hydrogens (tertiary/aromatic N) is 4. The molecule has 0 radical (unpaired) electrons. The summed E-state index contributed by atoms with van der Waals surface area (Å²) in [6.45, 7) is 6.79. The van der Waals surface area contributed by atoms with Crippen LogP contribution in [0.2, 0.25) is 0 Å². The van der Waals surface area contributed by atoms with E-state index >= 15 is 0 Å². The van der Waals surface area contributed by atoms with Crippen LogP contribution in [0.4, 0.5) is 28.4 Å². The van der Waals surface area contributed by atoms with E-state index in [0.717, 1.165) is 22.7 Å². The average molecular weight is 883 g/mol. The van der Waals surface area contributed by atoms with E-state index in [1.54, 1.807) is 0 Å². The number of aromatic nitrogens is 2. The van der Waals surface area contributed by atoms with Gasteiger partial charge in [-0.1, -0.05) is 172 Å². The van der Waals surface area contributed by atoms with Gasteiger partial charge < -0.3 is 18.8 Å². The van der Waals surface area contributed by atoms with Gasteiger partial charge in [0.15, 0.2) is 0 Å². The molecule has 326 valence electrons. The Hall–Kier alpha value is -8.54. The molecule has 0 bridgehead atoms. The molecule has 0 N–H and O–H groups in total. The van der Waals surface area contributed by atoms with Crippen LogP contribution in [-0.2, 0) is 5.41 Å². The highest BCUT2D eigenvalue weighted by Crippen LogP contribution is 2.52. The number of para-hydroxylation sites is 6. The number of benzene rings is 10. The van der Waals surface area contributed by atoms with E-state index in [4.69, 9.17) is 0 Å². The molecule has 0 unspecified atom stereocenters. The van der Waals surface area contributed by atoms with Crippen LogP contribution in [-0.4, -0.2) is 16.0 Å². The second kappa shape index (κ2) is 15.0. The third-order valence-corrected chi connectivity index (χ3v) is 14.8. The Balaban J connectivity index is 1.21. The smallest absolute Gasteiger partial charge is 0.333 e. The zero-order valence-corrected chi connectivity index (χ0v) is 38.8. The molecule has 12 aromatic rings. The summed E-state index contributed by atoms with van der Waals surface area (Å²) in [4.78, 5) is 5.15. The highest BCUT2D eigenvalue weighted by molar-refractivity contribution is 6.94. The topological polar surface area (TPSA) is 16.3 Å². The standard InChI is InChI=1S/C64H47BN4/c1-64(2,3)43-35-37-57(52(39-43)42-21-8-4-9-22-42)69-58-38-36-51-49-30-16-18-33-55(49)67(46-27-14-7-15-28-46)63(51)60(58)53-40-47(66(44-23-10-5-11-24-44)45-25-12-6-13-26-45)41-59-61(53)65(69)54-32-20-31-50-48-29-17-19-34-56(48)68(59)62(50)54/h4-41H,1-3H3. The molecule has 0 saturated carbocycles. The van der Waals surface area contributed by atoms with Crippen molar-refractivity contribution in [3.8, 4) is 33.6 Å². The minimum absolute atomic E-state index is 0.0540. The minimum Gasteiger partial charge on any atom is -0.376 e. The molecule has 0 fully saturated rings. The summed E-state index contributed by atoms with van der Waals surface area (Å²) in [6.07, 6.45) is 0. The van der Waals surface area contributed by atoms with Crippen molar-refractivity contribution < 1.29 is 0 Å². The molecule has 10 aromatic carbocycles. The van der Waals surface area contributed by atoms with Crippen molar-refractivity contribution in [2.24, 2.45) is 0 Å². The van der Waals surface area contributed by atoms with Gasteiger partial charge in [0.05, 0.1) is 22.1 Å². The average Bonchev–Trinajstić information content (AvgIpc) is 3.92. The first kappa shape index (κ1) is 39.6. The quantitative estimate of drug-likeness (QED) is 0.155. The first-order valence-electron chi connectivity index (χ1n) is 24.1. The lowest BCUT2D eigenvalue weighted by molar-refractivity contribution is 0.590. The van der Waals surface area contributed by atoms with Gasteiger partial charge in [0.25, 0.3) is 0 Å². The molecule has 0 aliphatic carbocycles. The molecule has 0 amide bonds. The molecular weight excluding hydrogens is 836 g/mol. The second-order valence-electron chi connectivity index (χ2n) is 19.7. The van der Waals surface area contributed by atoms with Crippen molar-refractivity contribution in [3.05, 3.63) is 236 Å². The van der Waals surface area contributed by atoms with Gasteiger partial charge in [-0.05, 0) is 112 Å². The van der Waals surface area contributed by atoms with Crippen LogP contribution in [0.1, 0.15) is 26.3 Å². The fourth-order valence-electron chi connectivity index (χ4n) is 11.8. The maximum absolute atomic E-state index is 2.71. The third-order valence-electron chi connectivity index (χ3n) is 14.8. The summed E-state index contributed by atoms with van der Waals surface area (Å²) in [7, 11) is 0. The highest BCUT2D eigenvalue weighted by Gasteiger charge is 2.46. The lowest BCUT2D eigenvalue weighted by Crippen LogP contribution is -2.60. The molecule has 2 aliphatic rings. The number of hydrogen-bond acceptors (Lipinski definition) is 2. The Morgan fingerprint density at radius 2 is 0.971 bits per heavy atom. The largest absolute Gasteiger partial charge is 0.376 e. The number of fused-ring (bicyclic) bond motifs is 11. The third kappa shape index (κ3) is 5.83. The summed E-state index contributed by atoms with van der Waals surface area (Å²) in [5.74, 6) is 0. The van der Waals surface area contributed by atoms with E-state index in [9.17, 15) is 0 Å². The molecule has 4 heterocycles. The van der Waals surface area contributed by atoms with Gasteiger partial charge in [0, 0.05) is 72.5 Å². The Morgan fingerprint density at radius 3 is 1.64 bits per heavy atom. The monoisotopic (exact) mass is 882 g/mol. The van der Waals surface area contributed by atoms with Crippen molar-refractivity contribution in [3.63, 3.8) is 0 Å². The van der Waals surface area contributed by atoms with Gasteiger partial charge in [0.2, 0.25) is 0 Å². The van der Waals surface area contributed by atoms with Gasteiger partial charge in [-0.2, -0.15) is 0 Å². The fourth-order valence-corrected chi connectivity index (χ4v) is 11.8. The molecule has 2 aromatic heterocycles. The van der Waals surface area contributed by atoms with Gasteiger partial charge >= 0.3 is 6.85 Å². The van der Waals surface area contributed by atoms with E-state index < -0.39 is 0 Å². The maximum Gasteiger partial charge on any atom is 0.333 e. The van der Waals surface area contributed by atoms with E-state index in [1.165, 1.54) is 99.4 Å². The van der Waals surface area contributed by atoms with Crippen LogP contribution in [0.15, 0.2) is 231 Å². The lowest BCUT2D eigenvalue weighted by Gasteiger charge is -2.44. The van der Waals surface area contributed by atoms with Crippen LogP contribution < -0.4 is 20.6 Å². The van der Waals surface area contributed by atoms with Crippen molar-refractivity contribution in [2.45, 2.75) is 26.2 Å². The van der Waals surface area contributed by atoms with E-state index in [-0.39, 0.29) is 12.3 Å². The van der Waals surface area contributed by atoms with Gasteiger partial charge in [0.1, 0.15) is 0 Å². The molecule has 0 saturated heterocycles. The zero-order valence-electron chi connectivity index (χ0n) is 38.8. The minimum atomic E-state index is -0.172. The molecule has 69 heavy (non-hydrogen) atoms. The van der Waals surface area contributed by atoms with Gasteiger partial charge in [-0.25, -0.2) is 0 Å². The Labute approximate surface area is 402 Å². The lowest BCUT2D eigenvalue weighted by atomic mass is 9.43. The van der Waals surface area contributed by atoms with Crippen molar-refractivity contribution >= 4 is 89.8 Å². The van der Waals surface area contributed by atoms with Crippen LogP contribution in [0.5, 0.6) is 0 Å². The second-order valence-corrected chi connectivity index (χ2v) is 19.7. The first-order valence-corrected chi connectivity index (χ1v) is 24.1. The van der Waals surface area contributed by atoms with E-state index in [0.29, 0.717) is 0 Å². The summed E-state index contributed by atoms with van der Waals surface area (Å²) < 4.78 is 5.11. The predicted octanol–water partition coefficient (Wildman–Crippen LogP) is 15.6. The zero-order chi connectivity index (χ0) is 46.0. The van der Waals surface area contributed by atoms with Gasteiger partial charge in [-0.15, -0.1) is 0 Å². The van der Waals surface area contributed by atoms with Crippen molar-refractivity contribution in [2.75, 3.05) is 9.71 Å². The summed E-state index contributed by atoms with van der Waals surface area (Å²) in [6, 6.07) is 85.7. The molecule has 0 spiro atoms. The van der Waals surface area contributed by atoms with E-state index in [2.05, 4.69) is 270 Å². The van der Waals surface area contributed by atoms with Crippen LogP contribution >= 0.6 is 0 Å². The Morgan fingerprint density at radius 1 is 0.406 bits per heavy atom. The first-order chi connectivity index (χ1) is 33.9. The van der Waals surface area contributed by atoms with Crippen molar-refractivity contribution in [1.29, 1.82) is 0 Å². The van der Waals surface area contributed by atoms with Crippen molar-refractivity contribution in [1.82, 2.24) is 9.13 Å². The van der Waals surface area contributed by atoms with Crippen LogP contribution in [0.25, 0.3) is 77.2 Å². The fraction of sp³-hybridized carbons (Fsp3) is 0.0625. The van der Waals surface area contributed by atoms with E-state index in [1.807, 2.05) is 0 Å². The Bertz CT molecular complexity index is 3960. The molecular formula is C64H47BN4. The maximum atomic E-state index is 2.71. The predicted molar refractivity (Wildman–Crippen MR) is 293 cm³/mol. The summed E-state index contributed by atoms with van der Waals surface area (Å²) >= 11 is 0. The molecule has 2 aliphatic heterocycles. The van der Waals surface area contributed by atoms with Crippen LogP contribution in [0, 0.1) is 0 Å². The summed E-state index contributed by atoms with van der Waals surface area (Å²) in [5.41, 5.74) is 21.5. The number of rotatable bonds is 6.